The van der Waals surface area contributed by atoms with Crippen LogP contribution in [0.15, 0.2) is 30.3 Å². The minimum absolute atomic E-state index is 0.00737. The van der Waals surface area contributed by atoms with Gasteiger partial charge in [0, 0.05) is 31.9 Å². The second-order valence-corrected chi connectivity index (χ2v) is 7.08. The Hall–Kier alpha value is -1.88. The number of ether oxygens (including phenoxy) is 1. The third-order valence-electron chi connectivity index (χ3n) is 5.47. The first-order chi connectivity index (χ1) is 12.2. The van der Waals surface area contributed by atoms with Gasteiger partial charge in [-0.1, -0.05) is 31.0 Å². The molecule has 0 bridgehead atoms. The Bertz CT molecular complexity index is 590. The van der Waals surface area contributed by atoms with Gasteiger partial charge in [-0.05, 0) is 43.7 Å². The Morgan fingerprint density at radius 2 is 1.96 bits per heavy atom. The van der Waals surface area contributed by atoms with Gasteiger partial charge in [0.05, 0.1) is 0 Å². The van der Waals surface area contributed by atoms with Crippen molar-refractivity contribution in [2.75, 3.05) is 20.3 Å². The van der Waals surface area contributed by atoms with Crippen LogP contribution in [0.3, 0.4) is 0 Å². The maximum Gasteiger partial charge on any atom is 0.254 e. The predicted molar refractivity (Wildman–Crippen MR) is 96.3 cm³/mol. The summed E-state index contributed by atoms with van der Waals surface area (Å²) in [6.45, 7) is 1.22. The molecule has 1 saturated heterocycles. The van der Waals surface area contributed by atoms with E-state index in [1.165, 1.54) is 6.42 Å². The van der Waals surface area contributed by atoms with Crippen molar-refractivity contribution in [2.45, 2.75) is 50.6 Å². The molecule has 1 aromatic rings. The van der Waals surface area contributed by atoms with E-state index in [1.807, 2.05) is 35.2 Å². The van der Waals surface area contributed by atoms with E-state index in [2.05, 4.69) is 5.32 Å². The van der Waals surface area contributed by atoms with Gasteiger partial charge in [-0.3, -0.25) is 9.59 Å². The highest BCUT2D eigenvalue weighted by atomic mass is 16.5. The molecule has 0 radical (unpaired) electrons. The molecule has 3 unspecified atom stereocenters. The highest BCUT2D eigenvalue weighted by Gasteiger charge is 2.47. The summed E-state index contributed by atoms with van der Waals surface area (Å²) in [7, 11) is 1.66. The zero-order valence-corrected chi connectivity index (χ0v) is 14.9. The number of carbonyl (C=O) groups excluding carboxylic acids is 2. The van der Waals surface area contributed by atoms with E-state index in [0.29, 0.717) is 24.6 Å². The average molecular weight is 344 g/mol. The normalized spacial score (nSPS) is 25.5. The number of rotatable bonds is 6. The Morgan fingerprint density at radius 3 is 2.72 bits per heavy atom. The number of hydrogen-bond acceptors (Lipinski definition) is 3. The Morgan fingerprint density at radius 1 is 1.20 bits per heavy atom. The van der Waals surface area contributed by atoms with E-state index in [-0.39, 0.29) is 23.9 Å². The summed E-state index contributed by atoms with van der Waals surface area (Å²) in [6.07, 6.45) is 6.06. The fourth-order valence-corrected chi connectivity index (χ4v) is 4.26. The van der Waals surface area contributed by atoms with Crippen molar-refractivity contribution in [2.24, 2.45) is 5.92 Å². The molecule has 136 valence electrons. The van der Waals surface area contributed by atoms with Gasteiger partial charge in [-0.15, -0.1) is 0 Å². The number of nitrogens with one attached hydrogen (secondary N) is 1. The van der Waals surface area contributed by atoms with E-state index in [4.69, 9.17) is 4.74 Å². The maximum absolute atomic E-state index is 13.1. The third kappa shape index (κ3) is 4.03. The van der Waals surface area contributed by atoms with Crippen molar-refractivity contribution >= 4 is 11.8 Å². The zero-order chi connectivity index (χ0) is 17.6. The van der Waals surface area contributed by atoms with E-state index >= 15 is 0 Å². The second kappa shape index (κ2) is 8.48. The molecule has 2 amide bonds. The lowest BCUT2D eigenvalue weighted by molar-refractivity contribution is -0.125. The minimum Gasteiger partial charge on any atom is -0.385 e. The number of nitrogens with zero attached hydrogens (tertiary/aromatic N) is 1. The van der Waals surface area contributed by atoms with Crippen LogP contribution in [-0.4, -0.2) is 49.1 Å². The van der Waals surface area contributed by atoms with Gasteiger partial charge in [0.15, 0.2) is 0 Å². The Labute approximate surface area is 149 Å². The van der Waals surface area contributed by atoms with Gasteiger partial charge < -0.3 is 15.0 Å². The van der Waals surface area contributed by atoms with Crippen molar-refractivity contribution < 1.29 is 14.3 Å². The molecule has 1 N–H and O–H groups in total. The van der Waals surface area contributed by atoms with Crippen LogP contribution in [-0.2, 0) is 9.53 Å². The molecule has 1 saturated carbocycles. The number of carbonyl (C=O) groups is 2. The molecule has 1 aromatic carbocycles. The molecule has 1 heterocycles. The van der Waals surface area contributed by atoms with Crippen LogP contribution in [0.4, 0.5) is 0 Å². The smallest absolute Gasteiger partial charge is 0.254 e. The Balaban J connectivity index is 1.75. The SMILES string of the molecule is COCCCNC(=O)C1CC2CCCCC2N1C(=O)c1ccccc1. The van der Waals surface area contributed by atoms with Crippen molar-refractivity contribution in [3.05, 3.63) is 35.9 Å². The van der Waals surface area contributed by atoms with E-state index in [9.17, 15) is 9.59 Å². The zero-order valence-electron chi connectivity index (χ0n) is 14.9. The summed E-state index contributed by atoms with van der Waals surface area (Å²) < 4.78 is 5.03. The summed E-state index contributed by atoms with van der Waals surface area (Å²) in [5, 5.41) is 2.99. The molecular weight excluding hydrogens is 316 g/mol. The molecule has 2 aliphatic rings. The number of hydrogen-bond donors (Lipinski definition) is 1. The van der Waals surface area contributed by atoms with Crippen molar-refractivity contribution in [1.29, 1.82) is 0 Å². The summed E-state index contributed by atoms with van der Waals surface area (Å²) in [5.41, 5.74) is 0.672. The van der Waals surface area contributed by atoms with E-state index in [0.717, 1.165) is 32.1 Å². The quantitative estimate of drug-likeness (QED) is 0.807. The van der Waals surface area contributed by atoms with Gasteiger partial charge in [-0.25, -0.2) is 0 Å². The molecule has 0 spiro atoms. The summed E-state index contributed by atoms with van der Waals surface area (Å²) in [5.74, 6) is 0.429. The first-order valence-corrected chi connectivity index (χ1v) is 9.36. The fraction of sp³-hybridized carbons (Fsp3) is 0.600. The number of likely N-dealkylation sites (tertiary alicyclic amines) is 1. The Kier molecular flexibility index (Phi) is 6.08. The molecule has 1 aliphatic carbocycles. The van der Waals surface area contributed by atoms with Crippen LogP contribution < -0.4 is 5.32 Å². The highest BCUT2D eigenvalue weighted by molar-refractivity contribution is 5.98. The molecule has 1 aliphatic heterocycles. The third-order valence-corrected chi connectivity index (χ3v) is 5.47. The highest BCUT2D eigenvalue weighted by Crippen LogP contribution is 2.40. The van der Waals surface area contributed by atoms with Gasteiger partial charge >= 0.3 is 0 Å². The summed E-state index contributed by atoms with van der Waals surface area (Å²) in [6, 6.07) is 9.20. The lowest BCUT2D eigenvalue weighted by Crippen LogP contribution is -2.49. The number of methoxy groups -OCH3 is 1. The molecule has 5 heteroatoms. The lowest BCUT2D eigenvalue weighted by atomic mass is 9.84. The first-order valence-electron chi connectivity index (χ1n) is 9.36. The van der Waals surface area contributed by atoms with Crippen LogP contribution in [0.1, 0.15) is 48.9 Å². The molecule has 3 atom stereocenters. The number of benzene rings is 1. The summed E-state index contributed by atoms with van der Waals surface area (Å²) in [4.78, 5) is 27.8. The number of fused-ring (bicyclic) bond motifs is 1. The van der Waals surface area contributed by atoms with Gasteiger partial charge in [0.2, 0.25) is 5.91 Å². The van der Waals surface area contributed by atoms with Gasteiger partial charge in [0.1, 0.15) is 6.04 Å². The van der Waals surface area contributed by atoms with Crippen molar-refractivity contribution in [3.8, 4) is 0 Å². The molecule has 3 rings (SSSR count). The lowest BCUT2D eigenvalue weighted by Gasteiger charge is -2.33. The largest absolute Gasteiger partial charge is 0.385 e. The predicted octanol–water partition coefficient (Wildman–Crippen LogP) is 2.61. The molecule has 2 fully saturated rings. The minimum atomic E-state index is -0.344. The standard InChI is InChI=1S/C20H28N2O3/c1-25-13-7-12-21-19(23)18-14-16-10-5-6-11-17(16)22(18)20(24)15-8-3-2-4-9-15/h2-4,8-9,16-18H,5-7,10-14H2,1H3,(H,21,23). The topological polar surface area (TPSA) is 58.6 Å². The van der Waals surface area contributed by atoms with Crippen LogP contribution in [0.25, 0.3) is 0 Å². The molecule has 0 aromatic heterocycles. The number of amides is 2. The molecule has 5 nitrogen and oxygen atoms in total. The first kappa shape index (κ1) is 17.9. The van der Waals surface area contributed by atoms with Crippen LogP contribution in [0.2, 0.25) is 0 Å². The van der Waals surface area contributed by atoms with Gasteiger partial charge in [-0.2, -0.15) is 0 Å². The second-order valence-electron chi connectivity index (χ2n) is 7.08. The van der Waals surface area contributed by atoms with Crippen LogP contribution in [0.5, 0.6) is 0 Å². The summed E-state index contributed by atoms with van der Waals surface area (Å²) >= 11 is 0. The van der Waals surface area contributed by atoms with E-state index < -0.39 is 0 Å². The van der Waals surface area contributed by atoms with E-state index in [1.54, 1.807) is 7.11 Å². The van der Waals surface area contributed by atoms with Crippen LogP contribution >= 0.6 is 0 Å². The van der Waals surface area contributed by atoms with Gasteiger partial charge in [0.25, 0.3) is 5.91 Å². The monoisotopic (exact) mass is 344 g/mol. The average Bonchev–Trinajstić information content (AvgIpc) is 3.05. The fourth-order valence-electron chi connectivity index (χ4n) is 4.26. The maximum atomic E-state index is 13.1. The molecule has 25 heavy (non-hydrogen) atoms. The molecular formula is C20H28N2O3. The van der Waals surface area contributed by atoms with Crippen molar-refractivity contribution in [1.82, 2.24) is 10.2 Å². The van der Waals surface area contributed by atoms with Crippen LogP contribution in [0, 0.1) is 5.92 Å². The van der Waals surface area contributed by atoms with Crippen molar-refractivity contribution in [3.63, 3.8) is 0 Å².